The molecular weight excluding hydrogens is 184 g/mol. The van der Waals surface area contributed by atoms with Gasteiger partial charge >= 0.3 is 0 Å². The average Bonchev–Trinajstić information content (AvgIpc) is 2.31. The molecule has 0 fully saturated rings. The summed E-state index contributed by atoms with van der Waals surface area (Å²) in [4.78, 5) is 4.11. The van der Waals surface area contributed by atoms with Crippen LogP contribution in [0.25, 0.3) is 0 Å². The van der Waals surface area contributed by atoms with Gasteiger partial charge in [-0.25, -0.2) is 0 Å². The van der Waals surface area contributed by atoms with Crippen LogP contribution >= 0.6 is 0 Å². The van der Waals surface area contributed by atoms with E-state index >= 15 is 0 Å². The summed E-state index contributed by atoms with van der Waals surface area (Å²) in [5, 5.41) is 3.58. The smallest absolute Gasteiger partial charge is 0.0312 e. The molecule has 0 unspecified atom stereocenters. The number of hydrogen-bond donors (Lipinski definition) is 1. The normalized spacial score (nSPS) is 12.7. The lowest BCUT2D eigenvalue weighted by molar-refractivity contribution is 0.452. The fourth-order valence-corrected chi connectivity index (χ4v) is 1.67. The molecule has 2 heteroatoms. The first-order chi connectivity index (χ1) is 7.36. The quantitative estimate of drug-likeness (QED) is 0.741. The minimum Gasteiger partial charge on any atom is -0.310 e. The predicted octanol–water partition coefficient (Wildman–Crippen LogP) is 3.14. The Balaban J connectivity index is 2.28. The van der Waals surface area contributed by atoms with Crippen molar-refractivity contribution < 1.29 is 0 Å². The molecule has 0 bridgehead atoms. The van der Waals surface area contributed by atoms with Crippen LogP contribution in [0.4, 0.5) is 0 Å². The Morgan fingerprint density at radius 1 is 1.40 bits per heavy atom. The molecule has 1 aromatic heterocycles. The molecule has 15 heavy (non-hydrogen) atoms. The van der Waals surface area contributed by atoms with Gasteiger partial charge < -0.3 is 5.32 Å². The zero-order chi connectivity index (χ0) is 10.9. The van der Waals surface area contributed by atoms with Gasteiger partial charge in [0, 0.05) is 25.0 Å². The van der Waals surface area contributed by atoms with Crippen molar-refractivity contribution in [1.29, 1.82) is 0 Å². The molecule has 1 heterocycles. The van der Waals surface area contributed by atoms with E-state index in [-0.39, 0.29) is 0 Å². The number of pyridine rings is 1. The second-order valence-corrected chi connectivity index (χ2v) is 3.99. The molecule has 1 atom stereocenters. The summed E-state index contributed by atoms with van der Waals surface area (Å²) in [6.45, 7) is 5.43. The Morgan fingerprint density at radius 3 is 2.87 bits per heavy atom. The lowest BCUT2D eigenvalue weighted by Gasteiger charge is -2.16. The van der Waals surface area contributed by atoms with E-state index in [1.165, 1.54) is 31.2 Å². The van der Waals surface area contributed by atoms with Crippen LogP contribution in [-0.4, -0.2) is 11.0 Å². The van der Waals surface area contributed by atoms with Crippen molar-refractivity contribution in [2.24, 2.45) is 0 Å². The minimum atomic E-state index is 0.658. The number of rotatable bonds is 7. The number of unbranched alkanes of at least 4 members (excludes halogenated alkanes) is 1. The van der Waals surface area contributed by atoms with Crippen LogP contribution in [0.2, 0.25) is 0 Å². The van der Waals surface area contributed by atoms with Crippen molar-refractivity contribution >= 4 is 0 Å². The molecule has 0 spiro atoms. The summed E-state index contributed by atoms with van der Waals surface area (Å²) in [6.07, 6.45) is 8.84. The Bertz CT molecular complexity index is 246. The Hall–Kier alpha value is -0.890. The highest BCUT2D eigenvalue weighted by molar-refractivity contribution is 5.07. The molecule has 1 aromatic rings. The molecule has 0 radical (unpaired) electrons. The zero-order valence-corrected chi connectivity index (χ0v) is 9.87. The van der Waals surface area contributed by atoms with E-state index in [1.807, 2.05) is 18.5 Å². The molecule has 0 saturated heterocycles. The summed E-state index contributed by atoms with van der Waals surface area (Å²) in [5.74, 6) is 0. The van der Waals surface area contributed by atoms with E-state index in [9.17, 15) is 0 Å². The van der Waals surface area contributed by atoms with Gasteiger partial charge in [0.1, 0.15) is 0 Å². The van der Waals surface area contributed by atoms with E-state index in [2.05, 4.69) is 30.2 Å². The molecule has 1 rings (SSSR count). The first kappa shape index (κ1) is 12.2. The van der Waals surface area contributed by atoms with Crippen LogP contribution in [0.1, 0.15) is 45.1 Å². The first-order valence-electron chi connectivity index (χ1n) is 5.99. The van der Waals surface area contributed by atoms with Crippen LogP contribution in [-0.2, 0) is 6.54 Å². The summed E-state index contributed by atoms with van der Waals surface area (Å²) in [6, 6.07) is 4.77. The van der Waals surface area contributed by atoms with Crippen molar-refractivity contribution in [3.8, 4) is 0 Å². The van der Waals surface area contributed by atoms with E-state index < -0.39 is 0 Å². The second-order valence-electron chi connectivity index (χ2n) is 3.99. The van der Waals surface area contributed by atoms with Crippen LogP contribution in [0.3, 0.4) is 0 Å². The second kappa shape index (κ2) is 7.41. The highest BCUT2D eigenvalue weighted by Crippen LogP contribution is 2.05. The van der Waals surface area contributed by atoms with E-state index in [0.717, 1.165) is 6.54 Å². The lowest BCUT2D eigenvalue weighted by atomic mass is 10.1. The Morgan fingerprint density at radius 2 is 2.27 bits per heavy atom. The van der Waals surface area contributed by atoms with Gasteiger partial charge in [0.15, 0.2) is 0 Å². The van der Waals surface area contributed by atoms with Gasteiger partial charge in [-0.3, -0.25) is 4.98 Å². The minimum absolute atomic E-state index is 0.658. The van der Waals surface area contributed by atoms with Crippen molar-refractivity contribution in [1.82, 2.24) is 10.3 Å². The Kier molecular flexibility index (Phi) is 6.02. The molecule has 0 aromatic carbocycles. The van der Waals surface area contributed by atoms with E-state index in [4.69, 9.17) is 0 Å². The van der Waals surface area contributed by atoms with Crippen LogP contribution in [0, 0.1) is 0 Å². The summed E-state index contributed by atoms with van der Waals surface area (Å²) >= 11 is 0. The van der Waals surface area contributed by atoms with Crippen LogP contribution < -0.4 is 5.32 Å². The monoisotopic (exact) mass is 206 g/mol. The maximum Gasteiger partial charge on any atom is 0.0312 e. The maximum absolute atomic E-state index is 4.11. The van der Waals surface area contributed by atoms with E-state index in [0.29, 0.717) is 6.04 Å². The third-order valence-electron chi connectivity index (χ3n) is 2.72. The van der Waals surface area contributed by atoms with Gasteiger partial charge in [-0.15, -0.1) is 0 Å². The molecule has 1 N–H and O–H groups in total. The van der Waals surface area contributed by atoms with Crippen molar-refractivity contribution in [3.05, 3.63) is 30.1 Å². The Labute approximate surface area is 93.1 Å². The van der Waals surface area contributed by atoms with Crippen molar-refractivity contribution in [2.45, 2.75) is 52.1 Å². The van der Waals surface area contributed by atoms with Gasteiger partial charge in [-0.1, -0.05) is 32.8 Å². The molecule has 0 aliphatic rings. The molecular formula is C13H22N2. The molecule has 0 aliphatic heterocycles. The lowest BCUT2D eigenvalue weighted by Crippen LogP contribution is -2.27. The highest BCUT2D eigenvalue weighted by Gasteiger charge is 2.04. The fourth-order valence-electron chi connectivity index (χ4n) is 1.67. The van der Waals surface area contributed by atoms with Gasteiger partial charge in [0.25, 0.3) is 0 Å². The largest absolute Gasteiger partial charge is 0.310 e. The van der Waals surface area contributed by atoms with E-state index in [1.54, 1.807) is 0 Å². The summed E-state index contributed by atoms with van der Waals surface area (Å²) < 4.78 is 0. The number of aromatic nitrogens is 1. The average molecular weight is 206 g/mol. The van der Waals surface area contributed by atoms with Crippen molar-refractivity contribution in [3.63, 3.8) is 0 Å². The zero-order valence-electron chi connectivity index (χ0n) is 9.87. The number of nitrogens with one attached hydrogen (secondary N) is 1. The summed E-state index contributed by atoms with van der Waals surface area (Å²) in [7, 11) is 0. The molecule has 84 valence electrons. The fraction of sp³-hybridized carbons (Fsp3) is 0.615. The summed E-state index contributed by atoms with van der Waals surface area (Å²) in [5.41, 5.74) is 1.27. The van der Waals surface area contributed by atoms with Crippen LogP contribution in [0.15, 0.2) is 24.5 Å². The first-order valence-corrected chi connectivity index (χ1v) is 5.99. The van der Waals surface area contributed by atoms with Crippen LogP contribution in [0.5, 0.6) is 0 Å². The van der Waals surface area contributed by atoms with Gasteiger partial charge in [-0.05, 0) is 24.5 Å². The maximum atomic E-state index is 4.11. The molecule has 0 aliphatic carbocycles. The number of nitrogens with zero attached hydrogens (tertiary/aromatic N) is 1. The SMILES string of the molecule is CCCC[C@H](CC)NCc1cccnc1. The molecule has 0 amide bonds. The third kappa shape index (κ3) is 4.93. The molecule has 0 saturated carbocycles. The standard InChI is InChI=1S/C13H22N2/c1-3-5-8-13(4-2)15-11-12-7-6-9-14-10-12/h6-7,9-10,13,15H,3-5,8,11H2,1-2H3/t13-/m0/s1. The predicted molar refractivity (Wildman–Crippen MR) is 64.7 cm³/mol. The van der Waals surface area contributed by atoms with Crippen molar-refractivity contribution in [2.75, 3.05) is 0 Å². The third-order valence-corrected chi connectivity index (χ3v) is 2.72. The highest BCUT2D eigenvalue weighted by atomic mass is 14.9. The number of hydrogen-bond acceptors (Lipinski definition) is 2. The molecule has 2 nitrogen and oxygen atoms in total. The topological polar surface area (TPSA) is 24.9 Å². The van der Waals surface area contributed by atoms with Gasteiger partial charge in [-0.2, -0.15) is 0 Å². The van der Waals surface area contributed by atoms with Gasteiger partial charge in [0.2, 0.25) is 0 Å². The van der Waals surface area contributed by atoms with Gasteiger partial charge in [0.05, 0.1) is 0 Å².